The van der Waals surface area contributed by atoms with Crippen LogP contribution in [-0.2, 0) is 9.53 Å². The second-order valence-corrected chi connectivity index (χ2v) is 5.47. The molecule has 0 N–H and O–H groups in total. The zero-order valence-electron chi connectivity index (χ0n) is 13.4. The van der Waals surface area contributed by atoms with E-state index in [-0.39, 0.29) is 12.0 Å². The maximum absolute atomic E-state index is 12.2. The number of hydrogen-bond acceptors (Lipinski definition) is 4. The lowest BCUT2D eigenvalue weighted by molar-refractivity contribution is -0.145. The summed E-state index contributed by atoms with van der Waals surface area (Å²) in [5.41, 5.74) is 0. The van der Waals surface area contributed by atoms with Gasteiger partial charge in [-0.2, -0.15) is 0 Å². The van der Waals surface area contributed by atoms with Gasteiger partial charge in [0.25, 0.3) is 5.91 Å². The Labute approximate surface area is 132 Å². The molecule has 1 aliphatic rings. The number of amides is 1. The molecule has 1 unspecified atom stereocenters. The van der Waals surface area contributed by atoms with E-state index in [0.29, 0.717) is 19.8 Å². The maximum Gasteiger partial charge on any atom is 0.251 e. The van der Waals surface area contributed by atoms with Crippen molar-refractivity contribution in [3.8, 4) is 11.5 Å². The van der Waals surface area contributed by atoms with E-state index in [9.17, 15) is 4.79 Å². The van der Waals surface area contributed by atoms with Gasteiger partial charge in [-0.1, -0.05) is 12.1 Å². The number of carbonyl (C=O) groups excluding carboxylic acids is 1. The SMILES string of the molecule is COc1ccccc1OCCCN(C)C(=O)C1CCCCO1. The topological polar surface area (TPSA) is 48.0 Å². The van der Waals surface area contributed by atoms with Crippen molar-refractivity contribution in [2.24, 2.45) is 0 Å². The summed E-state index contributed by atoms with van der Waals surface area (Å²) < 4.78 is 16.5. The van der Waals surface area contributed by atoms with Gasteiger partial charge in [0.05, 0.1) is 13.7 Å². The molecular weight excluding hydrogens is 282 g/mol. The second kappa shape index (κ2) is 8.63. The molecule has 1 aromatic rings. The van der Waals surface area contributed by atoms with Crippen molar-refractivity contribution in [2.45, 2.75) is 31.8 Å². The molecule has 0 aliphatic carbocycles. The van der Waals surface area contributed by atoms with Crippen LogP contribution in [0.1, 0.15) is 25.7 Å². The zero-order valence-corrected chi connectivity index (χ0v) is 13.4. The van der Waals surface area contributed by atoms with Crippen molar-refractivity contribution in [3.63, 3.8) is 0 Å². The molecule has 0 saturated carbocycles. The highest BCUT2D eigenvalue weighted by Gasteiger charge is 2.24. The second-order valence-electron chi connectivity index (χ2n) is 5.47. The van der Waals surface area contributed by atoms with Gasteiger partial charge in [0, 0.05) is 20.2 Å². The lowest BCUT2D eigenvalue weighted by Gasteiger charge is -2.26. The van der Waals surface area contributed by atoms with Gasteiger partial charge in [-0.05, 0) is 37.8 Å². The maximum atomic E-state index is 12.2. The van der Waals surface area contributed by atoms with Gasteiger partial charge in [0.1, 0.15) is 6.10 Å². The third kappa shape index (κ3) is 4.63. The Morgan fingerprint density at radius 1 is 1.32 bits per heavy atom. The molecule has 1 fully saturated rings. The van der Waals surface area contributed by atoms with Gasteiger partial charge in [0.2, 0.25) is 0 Å². The molecule has 0 spiro atoms. The Bertz CT molecular complexity index is 471. The van der Waals surface area contributed by atoms with Gasteiger partial charge in [0.15, 0.2) is 11.5 Å². The molecule has 0 radical (unpaired) electrons. The standard InChI is InChI=1S/C17H25NO4/c1-18(17(19)16-10-5-6-12-22-16)11-7-13-21-15-9-4-3-8-14(15)20-2/h3-4,8-9,16H,5-7,10-13H2,1-2H3. The quantitative estimate of drug-likeness (QED) is 0.726. The molecule has 1 aromatic carbocycles. The Balaban J connectivity index is 1.70. The number of carbonyl (C=O) groups is 1. The van der Waals surface area contributed by atoms with Crippen LogP contribution in [0.25, 0.3) is 0 Å². The summed E-state index contributed by atoms with van der Waals surface area (Å²) in [4.78, 5) is 13.9. The number of hydrogen-bond donors (Lipinski definition) is 0. The van der Waals surface area contributed by atoms with Gasteiger partial charge >= 0.3 is 0 Å². The first-order valence-electron chi connectivity index (χ1n) is 7.84. The van der Waals surface area contributed by atoms with Gasteiger partial charge < -0.3 is 19.1 Å². The molecule has 22 heavy (non-hydrogen) atoms. The van der Waals surface area contributed by atoms with Crippen molar-refractivity contribution in [1.29, 1.82) is 0 Å². The molecule has 2 rings (SSSR count). The van der Waals surface area contributed by atoms with Gasteiger partial charge in [-0.3, -0.25) is 4.79 Å². The van der Waals surface area contributed by atoms with Crippen LogP contribution in [0.5, 0.6) is 11.5 Å². The molecule has 5 nitrogen and oxygen atoms in total. The number of methoxy groups -OCH3 is 1. The highest BCUT2D eigenvalue weighted by Crippen LogP contribution is 2.25. The van der Waals surface area contributed by atoms with Crippen molar-refractivity contribution in [3.05, 3.63) is 24.3 Å². The van der Waals surface area contributed by atoms with E-state index >= 15 is 0 Å². The highest BCUT2D eigenvalue weighted by molar-refractivity contribution is 5.80. The Kier molecular flexibility index (Phi) is 6.52. The Hall–Kier alpha value is -1.75. The normalized spacial score (nSPS) is 17.8. The predicted molar refractivity (Wildman–Crippen MR) is 84.3 cm³/mol. The fourth-order valence-corrected chi connectivity index (χ4v) is 2.51. The largest absolute Gasteiger partial charge is 0.493 e. The molecule has 0 aromatic heterocycles. The lowest BCUT2D eigenvalue weighted by Crippen LogP contribution is -2.40. The number of likely N-dealkylation sites (N-methyl/N-ethyl adjacent to an activating group) is 1. The minimum atomic E-state index is -0.256. The Morgan fingerprint density at radius 3 is 2.77 bits per heavy atom. The fraction of sp³-hybridized carbons (Fsp3) is 0.588. The van der Waals surface area contributed by atoms with Crippen molar-refractivity contribution in [1.82, 2.24) is 4.90 Å². The van der Waals surface area contributed by atoms with Crippen molar-refractivity contribution >= 4 is 5.91 Å². The summed E-state index contributed by atoms with van der Waals surface area (Å²) in [5.74, 6) is 1.54. The highest BCUT2D eigenvalue weighted by atomic mass is 16.5. The molecule has 122 valence electrons. The summed E-state index contributed by atoms with van der Waals surface area (Å²) in [6.45, 7) is 1.90. The zero-order chi connectivity index (χ0) is 15.8. The van der Waals surface area contributed by atoms with Crippen LogP contribution in [0.2, 0.25) is 0 Å². The third-order valence-corrected chi connectivity index (χ3v) is 3.80. The van der Waals surface area contributed by atoms with E-state index in [2.05, 4.69) is 0 Å². The van der Waals surface area contributed by atoms with E-state index in [1.165, 1.54) is 0 Å². The van der Waals surface area contributed by atoms with Crippen LogP contribution in [0.4, 0.5) is 0 Å². The number of ether oxygens (including phenoxy) is 3. The van der Waals surface area contributed by atoms with Crippen LogP contribution in [-0.4, -0.2) is 50.8 Å². The van der Waals surface area contributed by atoms with Crippen molar-refractivity contribution < 1.29 is 19.0 Å². The first kappa shape index (κ1) is 16.6. The van der Waals surface area contributed by atoms with Crippen LogP contribution in [0.15, 0.2) is 24.3 Å². The minimum absolute atomic E-state index is 0.0805. The lowest BCUT2D eigenvalue weighted by atomic mass is 10.1. The minimum Gasteiger partial charge on any atom is -0.493 e. The first-order valence-corrected chi connectivity index (χ1v) is 7.84. The molecule has 1 atom stereocenters. The number of para-hydroxylation sites is 2. The van der Waals surface area contributed by atoms with Crippen molar-refractivity contribution in [2.75, 3.05) is 33.9 Å². The summed E-state index contributed by atoms with van der Waals surface area (Å²) in [6, 6.07) is 7.56. The smallest absolute Gasteiger partial charge is 0.251 e. The van der Waals surface area contributed by atoms with E-state index < -0.39 is 0 Å². The van der Waals surface area contributed by atoms with E-state index in [0.717, 1.165) is 37.2 Å². The van der Waals surface area contributed by atoms with Gasteiger partial charge in [-0.15, -0.1) is 0 Å². The van der Waals surface area contributed by atoms with E-state index in [4.69, 9.17) is 14.2 Å². The number of nitrogens with zero attached hydrogens (tertiary/aromatic N) is 1. The fourth-order valence-electron chi connectivity index (χ4n) is 2.51. The van der Waals surface area contributed by atoms with E-state index in [1.54, 1.807) is 12.0 Å². The predicted octanol–water partition coefficient (Wildman–Crippen LogP) is 2.49. The van der Waals surface area contributed by atoms with E-state index in [1.807, 2.05) is 31.3 Å². The van der Waals surface area contributed by atoms with Gasteiger partial charge in [-0.25, -0.2) is 0 Å². The first-order chi connectivity index (χ1) is 10.7. The van der Waals surface area contributed by atoms with Crippen LogP contribution >= 0.6 is 0 Å². The average molecular weight is 307 g/mol. The monoisotopic (exact) mass is 307 g/mol. The van der Waals surface area contributed by atoms with Crippen LogP contribution in [0.3, 0.4) is 0 Å². The van der Waals surface area contributed by atoms with Crippen LogP contribution < -0.4 is 9.47 Å². The molecule has 1 saturated heterocycles. The third-order valence-electron chi connectivity index (χ3n) is 3.80. The molecule has 1 amide bonds. The molecule has 1 heterocycles. The Morgan fingerprint density at radius 2 is 2.09 bits per heavy atom. The molecule has 0 bridgehead atoms. The molecule has 1 aliphatic heterocycles. The summed E-state index contributed by atoms with van der Waals surface area (Å²) in [6.07, 6.45) is 3.48. The summed E-state index contributed by atoms with van der Waals surface area (Å²) in [5, 5.41) is 0. The number of benzene rings is 1. The van der Waals surface area contributed by atoms with Crippen LogP contribution in [0, 0.1) is 0 Å². The average Bonchev–Trinajstić information content (AvgIpc) is 2.59. The number of rotatable bonds is 7. The molecular formula is C17H25NO4. The summed E-state index contributed by atoms with van der Waals surface area (Å²) in [7, 11) is 3.45. The summed E-state index contributed by atoms with van der Waals surface area (Å²) >= 11 is 0. The molecule has 5 heteroatoms.